The first-order chi connectivity index (χ1) is 27.1. The van der Waals surface area contributed by atoms with Crippen LogP contribution in [0.5, 0.6) is 23.0 Å². The lowest BCUT2D eigenvalue weighted by Crippen LogP contribution is -2.34. The molecule has 0 unspecified atom stereocenters. The second-order valence-electron chi connectivity index (χ2n) is 14.1. The summed E-state index contributed by atoms with van der Waals surface area (Å²) in [5, 5.41) is 0. The fraction of sp³-hybridized carbons (Fsp3) is 0.304. The highest BCUT2D eigenvalue weighted by atomic mass is 16.5. The van der Waals surface area contributed by atoms with Crippen LogP contribution >= 0.6 is 0 Å². The molecule has 2 aliphatic rings. The number of hydrogen-bond acceptors (Lipinski definition) is 8. The van der Waals surface area contributed by atoms with E-state index in [1.165, 1.54) is 0 Å². The van der Waals surface area contributed by atoms with E-state index < -0.39 is 0 Å². The van der Waals surface area contributed by atoms with Gasteiger partial charge in [-0.25, -0.2) is 9.98 Å². The number of nitrogens with zero attached hydrogens (tertiary/aromatic N) is 4. The number of benzene rings is 4. The van der Waals surface area contributed by atoms with E-state index in [2.05, 4.69) is 0 Å². The number of unbranched alkanes of at least 4 members (excludes halogenated alkanes) is 3. The van der Waals surface area contributed by atoms with Gasteiger partial charge >= 0.3 is 0 Å². The molecule has 0 saturated heterocycles. The molecule has 4 aromatic carbocycles. The Morgan fingerprint density at radius 3 is 1.27 bits per heavy atom. The summed E-state index contributed by atoms with van der Waals surface area (Å²) in [6, 6.07) is 30.5. The zero-order chi connectivity index (χ0) is 39.6. The quantitative estimate of drug-likeness (QED) is 0.0789. The third kappa shape index (κ3) is 9.55. The van der Waals surface area contributed by atoms with Crippen LogP contribution in [0.15, 0.2) is 118 Å². The Kier molecular flexibility index (Phi) is 13.0. The molecule has 2 amide bonds. The van der Waals surface area contributed by atoms with E-state index in [9.17, 15) is 9.59 Å². The number of carbonyl (C=O) groups is 2. The molecular formula is C46H50N4O6. The van der Waals surface area contributed by atoms with Crippen molar-refractivity contribution in [3.8, 4) is 23.0 Å². The number of carbonyl (C=O) groups excluding carboxylic acids is 2. The van der Waals surface area contributed by atoms with Crippen molar-refractivity contribution in [3.63, 3.8) is 0 Å². The summed E-state index contributed by atoms with van der Waals surface area (Å²) in [5.41, 5.74) is 3.95. The van der Waals surface area contributed by atoms with Gasteiger partial charge in [0.1, 0.15) is 46.1 Å². The molecule has 0 atom stereocenters. The SMILES string of the molecule is COc1ccccc1C1=NC(=Cc2ccc(OC(C)C)cc2)C(=O)N1CCCCCCN1C(=O)C(=Cc2ccc(OC(C)C)cc2)N=C1c1ccccc1OC. The van der Waals surface area contributed by atoms with E-state index >= 15 is 0 Å². The number of hydrogen-bond donors (Lipinski definition) is 0. The first kappa shape index (κ1) is 39.5. The molecule has 0 saturated carbocycles. The van der Waals surface area contributed by atoms with Gasteiger partial charge in [0.25, 0.3) is 11.8 Å². The molecular weight excluding hydrogens is 705 g/mol. The van der Waals surface area contributed by atoms with Gasteiger partial charge in [-0.15, -0.1) is 0 Å². The maximum atomic E-state index is 13.9. The third-order valence-electron chi connectivity index (χ3n) is 9.21. The summed E-state index contributed by atoms with van der Waals surface area (Å²) in [5.74, 6) is 3.66. The summed E-state index contributed by atoms with van der Waals surface area (Å²) in [4.78, 5) is 40.9. The van der Waals surface area contributed by atoms with Crippen LogP contribution in [0.2, 0.25) is 0 Å². The Labute approximate surface area is 329 Å². The average molecular weight is 755 g/mol. The molecule has 0 N–H and O–H groups in total. The fourth-order valence-corrected chi connectivity index (χ4v) is 6.63. The maximum Gasteiger partial charge on any atom is 0.278 e. The Hall–Kier alpha value is -6.16. The standard InChI is InChI=1S/C46H50N4O6/c1-31(2)55-35-23-19-33(20-24-35)29-39-45(51)49(43(47-39)37-15-9-11-17-41(37)53-5)27-13-7-8-14-28-50-44(38-16-10-12-18-42(38)54-6)48-40(46(50)52)30-34-21-25-36(26-22-34)56-32(3)4/h9-12,15-26,29-32H,7-8,13-14,27-28H2,1-6H3. The molecule has 0 spiro atoms. The molecule has 10 nitrogen and oxygen atoms in total. The monoisotopic (exact) mass is 754 g/mol. The predicted molar refractivity (Wildman–Crippen MR) is 221 cm³/mol. The number of rotatable bonds is 17. The van der Waals surface area contributed by atoms with E-state index in [1.807, 2.05) is 137 Å². The van der Waals surface area contributed by atoms with Crippen molar-refractivity contribution in [2.45, 2.75) is 65.6 Å². The second-order valence-corrected chi connectivity index (χ2v) is 14.1. The third-order valence-corrected chi connectivity index (χ3v) is 9.21. The van der Waals surface area contributed by atoms with Crippen molar-refractivity contribution in [1.82, 2.24) is 9.80 Å². The van der Waals surface area contributed by atoms with Gasteiger partial charge in [-0.05, 0) is 112 Å². The van der Waals surface area contributed by atoms with Crippen molar-refractivity contribution in [2.24, 2.45) is 9.98 Å². The predicted octanol–water partition coefficient (Wildman–Crippen LogP) is 8.80. The highest BCUT2D eigenvalue weighted by Crippen LogP contribution is 2.30. The van der Waals surface area contributed by atoms with Gasteiger partial charge in [0, 0.05) is 13.1 Å². The smallest absolute Gasteiger partial charge is 0.278 e. The van der Waals surface area contributed by atoms with Gasteiger partial charge in [0.05, 0.1) is 37.6 Å². The van der Waals surface area contributed by atoms with Crippen molar-refractivity contribution < 1.29 is 28.5 Å². The molecule has 0 bridgehead atoms. The summed E-state index contributed by atoms with van der Waals surface area (Å²) in [6.07, 6.45) is 6.94. The van der Waals surface area contributed by atoms with Gasteiger partial charge < -0.3 is 18.9 Å². The molecule has 290 valence electrons. The number of para-hydroxylation sites is 2. The average Bonchev–Trinajstić information content (AvgIpc) is 3.67. The summed E-state index contributed by atoms with van der Waals surface area (Å²) in [6.45, 7) is 8.91. The molecule has 2 heterocycles. The Morgan fingerprint density at radius 2 is 0.911 bits per heavy atom. The lowest BCUT2D eigenvalue weighted by molar-refractivity contribution is -0.123. The van der Waals surface area contributed by atoms with Crippen LogP contribution in [0.3, 0.4) is 0 Å². The van der Waals surface area contributed by atoms with Crippen LogP contribution < -0.4 is 18.9 Å². The van der Waals surface area contributed by atoms with Crippen molar-refractivity contribution in [3.05, 3.63) is 131 Å². The van der Waals surface area contributed by atoms with Crippen molar-refractivity contribution in [2.75, 3.05) is 27.3 Å². The Bertz CT molecular complexity index is 1980. The first-order valence-corrected chi connectivity index (χ1v) is 19.2. The minimum atomic E-state index is -0.157. The molecule has 0 aromatic heterocycles. The van der Waals surface area contributed by atoms with Gasteiger partial charge in [0.15, 0.2) is 0 Å². The van der Waals surface area contributed by atoms with Crippen LogP contribution in [-0.4, -0.2) is 72.8 Å². The van der Waals surface area contributed by atoms with Crippen LogP contribution in [0.25, 0.3) is 12.2 Å². The van der Waals surface area contributed by atoms with Crippen LogP contribution in [0.4, 0.5) is 0 Å². The minimum Gasteiger partial charge on any atom is -0.496 e. The molecule has 6 rings (SSSR count). The first-order valence-electron chi connectivity index (χ1n) is 19.2. The number of amides is 2. The van der Waals surface area contributed by atoms with Gasteiger partial charge in [0.2, 0.25) is 0 Å². The molecule has 0 radical (unpaired) electrons. The van der Waals surface area contributed by atoms with E-state index in [1.54, 1.807) is 24.0 Å². The Morgan fingerprint density at radius 1 is 0.536 bits per heavy atom. The van der Waals surface area contributed by atoms with Crippen LogP contribution in [0, 0.1) is 0 Å². The highest BCUT2D eigenvalue weighted by molar-refractivity contribution is 6.21. The Balaban J connectivity index is 1.13. The van der Waals surface area contributed by atoms with Crippen molar-refractivity contribution >= 4 is 35.6 Å². The number of ether oxygens (including phenoxy) is 4. The lowest BCUT2D eigenvalue weighted by Gasteiger charge is -2.21. The van der Waals surface area contributed by atoms with Gasteiger partial charge in [-0.3, -0.25) is 19.4 Å². The molecule has 10 heteroatoms. The number of methoxy groups -OCH3 is 2. The summed E-state index contributed by atoms with van der Waals surface area (Å²) in [7, 11) is 3.23. The lowest BCUT2D eigenvalue weighted by atomic mass is 10.1. The zero-order valence-electron chi connectivity index (χ0n) is 33.0. The normalized spacial score (nSPS) is 15.6. The number of amidine groups is 2. The summed E-state index contributed by atoms with van der Waals surface area (Å²) < 4.78 is 22.9. The van der Waals surface area contributed by atoms with E-state index in [-0.39, 0.29) is 24.0 Å². The molecule has 0 aliphatic carbocycles. The van der Waals surface area contributed by atoms with E-state index in [0.29, 0.717) is 47.7 Å². The van der Waals surface area contributed by atoms with Gasteiger partial charge in [-0.1, -0.05) is 61.4 Å². The zero-order valence-corrected chi connectivity index (χ0v) is 33.0. The number of aliphatic imine (C=N–C) groups is 2. The van der Waals surface area contributed by atoms with Crippen LogP contribution in [0.1, 0.15) is 75.6 Å². The molecule has 0 fully saturated rings. The topological polar surface area (TPSA) is 102 Å². The molecule has 4 aromatic rings. The molecule has 56 heavy (non-hydrogen) atoms. The molecule has 2 aliphatic heterocycles. The van der Waals surface area contributed by atoms with E-state index in [0.717, 1.165) is 59.4 Å². The fourth-order valence-electron chi connectivity index (χ4n) is 6.63. The maximum absolute atomic E-state index is 13.9. The largest absolute Gasteiger partial charge is 0.496 e. The van der Waals surface area contributed by atoms with Gasteiger partial charge in [-0.2, -0.15) is 0 Å². The van der Waals surface area contributed by atoms with Crippen molar-refractivity contribution in [1.29, 1.82) is 0 Å². The van der Waals surface area contributed by atoms with Crippen LogP contribution in [-0.2, 0) is 9.59 Å². The highest BCUT2D eigenvalue weighted by Gasteiger charge is 2.33. The van der Waals surface area contributed by atoms with E-state index in [4.69, 9.17) is 28.9 Å². The minimum absolute atomic E-state index is 0.0689. The second kappa shape index (κ2) is 18.4. The summed E-state index contributed by atoms with van der Waals surface area (Å²) >= 11 is 0.